The number of pyridine rings is 2. The molecule has 2 N–H and O–H groups in total. The van der Waals surface area contributed by atoms with E-state index in [1.165, 1.54) is 24.4 Å². The number of aromatic nitrogens is 2. The number of hydrogen-bond donors (Lipinski definition) is 2. The second-order valence-corrected chi connectivity index (χ2v) is 6.00. The number of benzene rings is 1. The molecule has 1 aliphatic heterocycles. The molecule has 4 rings (SSSR count). The topological polar surface area (TPSA) is 67.3 Å². The van der Waals surface area contributed by atoms with E-state index in [-0.39, 0.29) is 11.3 Å². The molecule has 0 unspecified atom stereocenters. The van der Waals surface area contributed by atoms with Gasteiger partial charge in [0.25, 0.3) is 0 Å². The first kappa shape index (κ1) is 15.7. The van der Waals surface area contributed by atoms with Crippen molar-refractivity contribution in [2.45, 2.75) is 0 Å². The quantitative estimate of drug-likeness (QED) is 0.722. The van der Waals surface area contributed by atoms with Gasteiger partial charge in [-0.3, -0.25) is 4.98 Å². The van der Waals surface area contributed by atoms with Crippen LogP contribution in [0.1, 0.15) is 0 Å². The summed E-state index contributed by atoms with van der Waals surface area (Å²) in [5.74, 6) is 0.669. The fourth-order valence-electron chi connectivity index (χ4n) is 2.74. The lowest BCUT2D eigenvalue weighted by molar-refractivity contribution is 0.323. The van der Waals surface area contributed by atoms with Crippen molar-refractivity contribution in [1.82, 2.24) is 9.97 Å². The van der Waals surface area contributed by atoms with Crippen LogP contribution in [0.25, 0.3) is 22.4 Å². The summed E-state index contributed by atoms with van der Waals surface area (Å²) in [4.78, 5) is 8.48. The van der Waals surface area contributed by atoms with Gasteiger partial charge in [0.05, 0.1) is 18.4 Å². The number of anilines is 1. The summed E-state index contributed by atoms with van der Waals surface area (Å²) in [5.41, 5.74) is 2.01. The van der Waals surface area contributed by atoms with Gasteiger partial charge >= 0.3 is 0 Å². The molecule has 0 spiro atoms. The first-order valence-corrected chi connectivity index (χ1v) is 8.01. The minimum absolute atomic E-state index is 0.0299. The van der Waals surface area contributed by atoms with E-state index in [9.17, 15) is 9.50 Å². The first-order chi connectivity index (χ1) is 12.1. The van der Waals surface area contributed by atoms with E-state index in [0.717, 1.165) is 0 Å². The van der Waals surface area contributed by atoms with Gasteiger partial charge in [-0.05, 0) is 30.3 Å². The van der Waals surface area contributed by atoms with E-state index in [4.69, 9.17) is 16.3 Å². The van der Waals surface area contributed by atoms with E-state index >= 15 is 0 Å². The monoisotopic (exact) mass is 357 g/mol. The van der Waals surface area contributed by atoms with Crippen molar-refractivity contribution in [2.75, 3.05) is 18.5 Å². The Morgan fingerprint density at radius 1 is 1.16 bits per heavy atom. The molecule has 126 valence electrons. The zero-order chi connectivity index (χ0) is 17.4. The summed E-state index contributed by atoms with van der Waals surface area (Å²) in [6.07, 6.45) is 2.94. The zero-order valence-electron chi connectivity index (χ0n) is 13.0. The lowest BCUT2D eigenvalue weighted by atomic mass is 10.0. The number of hydrogen-bond acceptors (Lipinski definition) is 5. The molecular formula is C18H13ClFN3O2. The predicted molar refractivity (Wildman–Crippen MR) is 93.5 cm³/mol. The van der Waals surface area contributed by atoms with Gasteiger partial charge in [0.15, 0.2) is 11.6 Å². The van der Waals surface area contributed by atoms with Crippen molar-refractivity contribution in [3.63, 3.8) is 0 Å². The van der Waals surface area contributed by atoms with E-state index in [0.29, 0.717) is 46.6 Å². The molecule has 0 atom stereocenters. The Bertz CT molecular complexity index is 965. The highest BCUT2D eigenvalue weighted by molar-refractivity contribution is 6.30. The smallest absolute Gasteiger partial charge is 0.170 e. The Morgan fingerprint density at radius 2 is 2.04 bits per heavy atom. The lowest BCUT2D eigenvalue weighted by Crippen LogP contribution is -2.20. The Hall–Kier alpha value is -2.86. The Morgan fingerprint density at radius 3 is 2.88 bits per heavy atom. The molecule has 25 heavy (non-hydrogen) atoms. The van der Waals surface area contributed by atoms with Gasteiger partial charge in [-0.15, -0.1) is 0 Å². The van der Waals surface area contributed by atoms with Crippen molar-refractivity contribution in [3.8, 4) is 33.9 Å². The summed E-state index contributed by atoms with van der Waals surface area (Å²) in [7, 11) is 0. The number of halogens is 2. The SMILES string of the molecule is Oc1cncc(-c2cc(-c3cc(Cl)ccc3F)nc3c2OCCN3)c1. The maximum atomic E-state index is 14.3. The molecule has 0 amide bonds. The summed E-state index contributed by atoms with van der Waals surface area (Å²) in [6.45, 7) is 1.08. The van der Waals surface area contributed by atoms with Gasteiger partial charge in [-0.1, -0.05) is 11.6 Å². The van der Waals surface area contributed by atoms with Crippen LogP contribution in [0.4, 0.5) is 10.2 Å². The molecule has 3 heterocycles. The van der Waals surface area contributed by atoms with Crippen molar-refractivity contribution < 1.29 is 14.2 Å². The first-order valence-electron chi connectivity index (χ1n) is 7.63. The molecule has 3 aromatic rings. The molecule has 0 bridgehead atoms. The van der Waals surface area contributed by atoms with Gasteiger partial charge in [0, 0.05) is 27.9 Å². The fourth-order valence-corrected chi connectivity index (χ4v) is 2.92. The third kappa shape index (κ3) is 2.96. The lowest BCUT2D eigenvalue weighted by Gasteiger charge is -2.22. The molecule has 5 nitrogen and oxygen atoms in total. The normalized spacial score (nSPS) is 12.9. The number of rotatable bonds is 2. The zero-order valence-corrected chi connectivity index (χ0v) is 13.7. The second-order valence-electron chi connectivity index (χ2n) is 5.56. The van der Waals surface area contributed by atoms with Crippen LogP contribution in [0.3, 0.4) is 0 Å². The highest BCUT2D eigenvalue weighted by Gasteiger charge is 2.21. The van der Waals surface area contributed by atoms with Crippen LogP contribution >= 0.6 is 11.6 Å². The minimum Gasteiger partial charge on any atom is -0.506 e. The average molecular weight is 358 g/mol. The third-order valence-electron chi connectivity index (χ3n) is 3.85. The molecule has 0 aliphatic carbocycles. The number of ether oxygens (including phenoxy) is 1. The van der Waals surface area contributed by atoms with Crippen LogP contribution in [-0.4, -0.2) is 28.2 Å². The average Bonchev–Trinajstić information content (AvgIpc) is 2.63. The summed E-state index contributed by atoms with van der Waals surface area (Å²) in [5, 5.41) is 13.3. The largest absolute Gasteiger partial charge is 0.506 e. The molecule has 0 fully saturated rings. The molecule has 0 radical (unpaired) electrons. The van der Waals surface area contributed by atoms with Crippen LogP contribution < -0.4 is 10.1 Å². The van der Waals surface area contributed by atoms with Gasteiger partial charge in [0.1, 0.15) is 18.2 Å². The Kier molecular flexibility index (Phi) is 3.89. The summed E-state index contributed by atoms with van der Waals surface area (Å²) >= 11 is 6.01. The van der Waals surface area contributed by atoms with Crippen molar-refractivity contribution >= 4 is 17.4 Å². The second kappa shape index (κ2) is 6.22. The number of nitrogens with one attached hydrogen (secondary N) is 1. The van der Waals surface area contributed by atoms with E-state index in [2.05, 4.69) is 15.3 Å². The fraction of sp³-hybridized carbons (Fsp3) is 0.111. The van der Waals surface area contributed by atoms with Gasteiger partial charge in [-0.25, -0.2) is 9.37 Å². The molecular weight excluding hydrogens is 345 g/mol. The van der Waals surface area contributed by atoms with Crippen LogP contribution in [0.15, 0.2) is 42.7 Å². The highest BCUT2D eigenvalue weighted by Crippen LogP contribution is 2.40. The number of aromatic hydroxyl groups is 1. The molecule has 7 heteroatoms. The van der Waals surface area contributed by atoms with Crippen LogP contribution in [0.5, 0.6) is 11.5 Å². The number of nitrogens with zero attached hydrogens (tertiary/aromatic N) is 2. The Balaban J connectivity index is 1.95. The van der Waals surface area contributed by atoms with E-state index < -0.39 is 5.82 Å². The standard InChI is InChI=1S/C18H13ClFN3O2/c19-11-1-2-15(20)14(6-11)16-7-13(10-5-12(24)9-21-8-10)17-18(23-16)22-3-4-25-17/h1-2,5-9,24H,3-4H2,(H,22,23). The Labute approximate surface area is 148 Å². The maximum Gasteiger partial charge on any atom is 0.170 e. The highest BCUT2D eigenvalue weighted by atomic mass is 35.5. The van der Waals surface area contributed by atoms with Crippen molar-refractivity contribution in [3.05, 3.63) is 53.6 Å². The molecule has 1 aliphatic rings. The van der Waals surface area contributed by atoms with E-state index in [1.54, 1.807) is 18.3 Å². The molecule has 1 aromatic carbocycles. The molecule has 0 saturated heterocycles. The van der Waals surface area contributed by atoms with E-state index in [1.807, 2.05) is 0 Å². The van der Waals surface area contributed by atoms with Gasteiger partial charge in [0.2, 0.25) is 0 Å². The predicted octanol–water partition coefficient (Wildman–Crippen LogP) is 4.11. The van der Waals surface area contributed by atoms with Crippen LogP contribution in [0.2, 0.25) is 5.02 Å². The third-order valence-corrected chi connectivity index (χ3v) is 4.09. The maximum absolute atomic E-state index is 14.3. The molecule has 2 aromatic heterocycles. The van der Waals surface area contributed by atoms with Gasteiger partial charge in [-0.2, -0.15) is 0 Å². The van der Waals surface area contributed by atoms with Crippen molar-refractivity contribution in [2.24, 2.45) is 0 Å². The van der Waals surface area contributed by atoms with Crippen LogP contribution in [-0.2, 0) is 0 Å². The minimum atomic E-state index is -0.423. The van der Waals surface area contributed by atoms with Crippen LogP contribution in [0, 0.1) is 5.82 Å². The summed E-state index contributed by atoms with van der Waals surface area (Å²) in [6, 6.07) is 7.59. The van der Waals surface area contributed by atoms with Crippen molar-refractivity contribution in [1.29, 1.82) is 0 Å². The molecule has 0 saturated carbocycles. The number of fused-ring (bicyclic) bond motifs is 1. The summed E-state index contributed by atoms with van der Waals surface area (Å²) < 4.78 is 20.0. The van der Waals surface area contributed by atoms with Gasteiger partial charge < -0.3 is 15.2 Å².